The molecule has 218 valence electrons. The normalized spacial score (nSPS) is 20.2. The summed E-state index contributed by atoms with van der Waals surface area (Å²) in [6.45, 7) is 9.20. The van der Waals surface area contributed by atoms with Crippen LogP contribution in [0.25, 0.3) is 0 Å². The molecular formula is C37H42N2O3. The van der Waals surface area contributed by atoms with E-state index >= 15 is 0 Å². The van der Waals surface area contributed by atoms with Gasteiger partial charge in [-0.25, -0.2) is 0 Å². The van der Waals surface area contributed by atoms with Crippen LogP contribution in [0, 0.1) is 0 Å². The summed E-state index contributed by atoms with van der Waals surface area (Å²) in [5, 5.41) is 20.8. The molecule has 42 heavy (non-hydrogen) atoms. The summed E-state index contributed by atoms with van der Waals surface area (Å²) in [5.41, 5.74) is 4.58. The highest BCUT2D eigenvalue weighted by atomic mass is 16.5. The summed E-state index contributed by atoms with van der Waals surface area (Å²) in [6.07, 6.45) is 5.27. The molecule has 4 aromatic rings. The van der Waals surface area contributed by atoms with E-state index in [-0.39, 0.29) is 11.5 Å². The van der Waals surface area contributed by atoms with Crippen molar-refractivity contribution >= 4 is 5.69 Å². The molecule has 2 heterocycles. The predicted molar refractivity (Wildman–Crippen MR) is 169 cm³/mol. The van der Waals surface area contributed by atoms with Crippen LogP contribution < -0.4 is 9.64 Å². The van der Waals surface area contributed by atoms with Crippen LogP contribution in [0.15, 0.2) is 97.1 Å². The molecule has 1 unspecified atom stereocenters. The molecule has 1 atom stereocenters. The highest BCUT2D eigenvalue weighted by Crippen LogP contribution is 2.61. The maximum Gasteiger partial charge on any atom is 0.119 e. The summed E-state index contributed by atoms with van der Waals surface area (Å²) >= 11 is 0. The van der Waals surface area contributed by atoms with Crippen LogP contribution in [0.5, 0.6) is 17.2 Å². The summed E-state index contributed by atoms with van der Waals surface area (Å²) in [6, 6.07) is 32.4. The molecule has 0 bridgehead atoms. The molecular weight excluding hydrogens is 520 g/mol. The zero-order valence-electron chi connectivity index (χ0n) is 24.8. The Bertz CT molecular complexity index is 1480. The average Bonchev–Trinajstić information content (AvgIpc) is 3.17. The molecule has 0 aromatic heterocycles. The van der Waals surface area contributed by atoms with Crippen molar-refractivity contribution in [1.29, 1.82) is 0 Å². The first-order valence-electron chi connectivity index (χ1n) is 15.3. The van der Waals surface area contributed by atoms with E-state index in [2.05, 4.69) is 72.2 Å². The molecule has 0 amide bonds. The number of likely N-dealkylation sites (tertiary alicyclic amines) is 1. The van der Waals surface area contributed by atoms with Gasteiger partial charge in [-0.3, -0.25) is 4.90 Å². The van der Waals surface area contributed by atoms with Gasteiger partial charge in [0.05, 0.1) is 0 Å². The predicted octanol–water partition coefficient (Wildman–Crippen LogP) is 7.59. The molecule has 5 heteroatoms. The number of phenols is 2. The topological polar surface area (TPSA) is 56.2 Å². The van der Waals surface area contributed by atoms with Crippen LogP contribution in [0.4, 0.5) is 5.69 Å². The van der Waals surface area contributed by atoms with Crippen LogP contribution in [0.2, 0.25) is 0 Å². The van der Waals surface area contributed by atoms with Crippen molar-refractivity contribution in [1.82, 2.24) is 4.90 Å². The number of hydrogen-bond acceptors (Lipinski definition) is 5. The molecule has 1 fully saturated rings. The number of ether oxygens (including phenoxy) is 1. The van der Waals surface area contributed by atoms with E-state index < -0.39 is 11.0 Å². The van der Waals surface area contributed by atoms with Gasteiger partial charge in [0.25, 0.3) is 0 Å². The number of rotatable bonds is 8. The fourth-order valence-corrected chi connectivity index (χ4v) is 7.28. The lowest BCUT2D eigenvalue weighted by molar-refractivity contribution is 0.214. The first kappa shape index (κ1) is 28.2. The Labute approximate surface area is 250 Å². The van der Waals surface area contributed by atoms with E-state index in [1.54, 1.807) is 18.2 Å². The molecule has 5 nitrogen and oxygen atoms in total. The van der Waals surface area contributed by atoms with E-state index in [9.17, 15) is 10.2 Å². The van der Waals surface area contributed by atoms with Crippen molar-refractivity contribution in [2.45, 2.75) is 57.0 Å². The first-order chi connectivity index (χ1) is 20.4. The van der Waals surface area contributed by atoms with Gasteiger partial charge in [0.15, 0.2) is 0 Å². The van der Waals surface area contributed by atoms with Gasteiger partial charge in [-0.1, -0.05) is 81.3 Å². The summed E-state index contributed by atoms with van der Waals surface area (Å²) in [5.74, 6) is 1.40. The monoisotopic (exact) mass is 562 g/mol. The number of phenolic OH excluding ortho intramolecular Hbond substituents is 2. The largest absolute Gasteiger partial charge is 0.508 e. The quantitative estimate of drug-likeness (QED) is 0.232. The van der Waals surface area contributed by atoms with Gasteiger partial charge in [-0.2, -0.15) is 0 Å². The zero-order valence-corrected chi connectivity index (χ0v) is 24.8. The third kappa shape index (κ3) is 5.11. The third-order valence-electron chi connectivity index (χ3n) is 9.37. The lowest BCUT2D eigenvalue weighted by atomic mass is 9.63. The Morgan fingerprint density at radius 3 is 2.05 bits per heavy atom. The molecule has 0 saturated carbocycles. The van der Waals surface area contributed by atoms with Crippen molar-refractivity contribution in [3.8, 4) is 17.2 Å². The number of anilines is 1. The number of aromatic hydroxyl groups is 2. The van der Waals surface area contributed by atoms with E-state index in [0.29, 0.717) is 13.2 Å². The van der Waals surface area contributed by atoms with Gasteiger partial charge in [-0.15, -0.1) is 0 Å². The summed E-state index contributed by atoms with van der Waals surface area (Å²) in [4.78, 5) is 5.00. The van der Waals surface area contributed by atoms with E-state index in [1.807, 2.05) is 30.3 Å². The molecule has 0 radical (unpaired) electrons. The van der Waals surface area contributed by atoms with Crippen molar-refractivity contribution in [3.05, 3.63) is 119 Å². The third-order valence-corrected chi connectivity index (χ3v) is 9.37. The maximum absolute atomic E-state index is 10.6. The fraction of sp³-hybridized carbons (Fsp3) is 0.351. The van der Waals surface area contributed by atoms with Crippen LogP contribution in [0.1, 0.15) is 61.8 Å². The minimum absolute atomic E-state index is 0.242. The van der Waals surface area contributed by atoms with Crippen LogP contribution in [0.3, 0.4) is 0 Å². The zero-order chi connectivity index (χ0) is 29.2. The Hall–Kier alpha value is -3.96. The Morgan fingerprint density at radius 2 is 1.36 bits per heavy atom. The number of benzene rings is 4. The van der Waals surface area contributed by atoms with Crippen molar-refractivity contribution in [2.75, 3.05) is 31.1 Å². The second-order valence-electron chi connectivity index (χ2n) is 12.3. The van der Waals surface area contributed by atoms with Gasteiger partial charge < -0.3 is 19.8 Å². The molecule has 2 N–H and O–H groups in total. The van der Waals surface area contributed by atoms with E-state index in [0.717, 1.165) is 34.7 Å². The van der Waals surface area contributed by atoms with Gasteiger partial charge in [-0.05, 0) is 90.6 Å². The lowest BCUT2D eigenvalue weighted by Crippen LogP contribution is -2.53. The van der Waals surface area contributed by atoms with E-state index in [4.69, 9.17) is 4.74 Å². The standard InChI is InChI=1S/C37H42N2O3/c1-36(2)34-26-32(41)18-21-35(34)39(37(36,29-10-6-5-7-11-29)30-14-16-31(40)17-15-30)27-28-12-19-33(20-13-28)42-25-24-38-22-8-3-4-9-23-38/h5-7,10-21,26,40-41H,3-4,8-9,22-25,27H2,1-2H3. The van der Waals surface area contributed by atoms with Crippen LogP contribution in [-0.4, -0.2) is 41.4 Å². The molecule has 0 spiro atoms. The summed E-state index contributed by atoms with van der Waals surface area (Å²) in [7, 11) is 0. The molecule has 2 aliphatic rings. The fourth-order valence-electron chi connectivity index (χ4n) is 7.28. The SMILES string of the molecule is CC1(C)c2cc(O)ccc2N(Cc2ccc(OCCN3CCCCCC3)cc2)C1(c1ccccc1)c1ccc(O)cc1. The van der Waals surface area contributed by atoms with Gasteiger partial charge in [0.1, 0.15) is 29.4 Å². The molecule has 2 aliphatic heterocycles. The molecule has 6 rings (SSSR count). The second kappa shape index (κ2) is 11.7. The minimum Gasteiger partial charge on any atom is -0.508 e. The van der Waals surface area contributed by atoms with Crippen molar-refractivity contribution in [3.63, 3.8) is 0 Å². The van der Waals surface area contributed by atoms with E-state index in [1.165, 1.54) is 44.3 Å². The highest BCUT2D eigenvalue weighted by Gasteiger charge is 2.58. The Balaban J connectivity index is 1.34. The number of nitrogens with zero attached hydrogens (tertiary/aromatic N) is 2. The van der Waals surface area contributed by atoms with Crippen LogP contribution >= 0.6 is 0 Å². The highest BCUT2D eigenvalue weighted by molar-refractivity contribution is 5.73. The lowest BCUT2D eigenvalue weighted by Gasteiger charge is -2.49. The van der Waals surface area contributed by atoms with Crippen molar-refractivity contribution in [2.24, 2.45) is 0 Å². The van der Waals surface area contributed by atoms with Gasteiger partial charge in [0, 0.05) is 24.2 Å². The minimum atomic E-state index is -0.597. The maximum atomic E-state index is 10.6. The number of hydrogen-bond donors (Lipinski definition) is 2. The molecule has 0 aliphatic carbocycles. The van der Waals surface area contributed by atoms with Crippen molar-refractivity contribution < 1.29 is 14.9 Å². The number of fused-ring (bicyclic) bond motifs is 1. The average molecular weight is 563 g/mol. The smallest absolute Gasteiger partial charge is 0.119 e. The molecule has 1 saturated heterocycles. The summed E-state index contributed by atoms with van der Waals surface area (Å²) < 4.78 is 6.16. The second-order valence-corrected chi connectivity index (χ2v) is 12.3. The Morgan fingerprint density at radius 1 is 0.714 bits per heavy atom. The molecule has 4 aromatic carbocycles. The van der Waals surface area contributed by atoms with Gasteiger partial charge in [0.2, 0.25) is 0 Å². The Kier molecular flexibility index (Phi) is 7.87. The van der Waals surface area contributed by atoms with Crippen LogP contribution in [-0.2, 0) is 17.5 Å². The van der Waals surface area contributed by atoms with Gasteiger partial charge >= 0.3 is 0 Å². The first-order valence-corrected chi connectivity index (χ1v) is 15.3.